The summed E-state index contributed by atoms with van der Waals surface area (Å²) in [5.41, 5.74) is 3.55. The fourth-order valence-electron chi connectivity index (χ4n) is 3.12. The second kappa shape index (κ2) is 8.00. The molecule has 0 radical (unpaired) electrons. The molecule has 1 aliphatic rings. The third kappa shape index (κ3) is 4.02. The molecule has 2 aromatic carbocycles. The average Bonchev–Trinajstić information content (AvgIpc) is 2.66. The van der Waals surface area contributed by atoms with Gasteiger partial charge in [0.05, 0.1) is 6.61 Å². The van der Waals surface area contributed by atoms with Crippen LogP contribution in [0.1, 0.15) is 41.8 Å². The first-order chi connectivity index (χ1) is 12.6. The normalized spacial score (nSPS) is 13.5. The molecule has 1 heterocycles. The van der Waals surface area contributed by atoms with Crippen LogP contribution in [-0.2, 0) is 11.2 Å². The summed E-state index contributed by atoms with van der Waals surface area (Å²) in [7, 11) is 0. The molecule has 4 heteroatoms. The van der Waals surface area contributed by atoms with Gasteiger partial charge in [-0.3, -0.25) is 9.59 Å². The largest absolute Gasteiger partial charge is 0.494 e. The van der Waals surface area contributed by atoms with E-state index in [2.05, 4.69) is 0 Å². The van der Waals surface area contributed by atoms with Crippen molar-refractivity contribution in [3.63, 3.8) is 0 Å². The predicted octanol–water partition coefficient (Wildman–Crippen LogP) is 4.28. The van der Waals surface area contributed by atoms with Crippen molar-refractivity contribution < 1.29 is 14.3 Å². The Morgan fingerprint density at radius 3 is 2.62 bits per heavy atom. The molecule has 1 aliphatic heterocycles. The minimum absolute atomic E-state index is 0.00991. The smallest absolute Gasteiger partial charge is 0.250 e. The molecule has 0 bridgehead atoms. The maximum Gasteiger partial charge on any atom is 0.250 e. The van der Waals surface area contributed by atoms with Crippen LogP contribution in [0.4, 0.5) is 5.69 Å². The zero-order chi connectivity index (χ0) is 18.5. The summed E-state index contributed by atoms with van der Waals surface area (Å²) in [4.78, 5) is 26.1. The number of hydrogen-bond donors (Lipinski definition) is 0. The average molecular weight is 349 g/mol. The zero-order valence-electron chi connectivity index (χ0n) is 15.2. The van der Waals surface area contributed by atoms with Crippen molar-refractivity contribution in [3.8, 4) is 5.75 Å². The quantitative estimate of drug-likeness (QED) is 0.598. The van der Waals surface area contributed by atoms with Gasteiger partial charge in [-0.1, -0.05) is 24.3 Å². The van der Waals surface area contributed by atoms with Crippen molar-refractivity contribution in [1.29, 1.82) is 0 Å². The Kier molecular flexibility index (Phi) is 5.52. The van der Waals surface area contributed by atoms with Gasteiger partial charge in [-0.2, -0.15) is 0 Å². The Hall–Kier alpha value is -2.88. The molecule has 134 valence electrons. The SMILES string of the molecule is CCOc1ccc(/C=C/C(=O)N2CCCc3ccc(C(C)=O)cc32)cc1. The molecule has 1 amide bonds. The minimum atomic E-state index is -0.0689. The number of carbonyl (C=O) groups is 2. The number of amides is 1. The number of benzene rings is 2. The van der Waals surface area contributed by atoms with Crippen molar-refractivity contribution in [2.45, 2.75) is 26.7 Å². The van der Waals surface area contributed by atoms with Gasteiger partial charge in [0.1, 0.15) is 5.75 Å². The van der Waals surface area contributed by atoms with E-state index >= 15 is 0 Å². The maximum absolute atomic E-state index is 12.7. The molecule has 0 spiro atoms. The third-order valence-corrected chi connectivity index (χ3v) is 4.49. The molecule has 0 aliphatic carbocycles. The fraction of sp³-hybridized carbons (Fsp3) is 0.273. The van der Waals surface area contributed by atoms with Crippen LogP contribution in [0.25, 0.3) is 6.08 Å². The van der Waals surface area contributed by atoms with Gasteiger partial charge in [0.15, 0.2) is 5.78 Å². The number of ether oxygens (including phenoxy) is 1. The number of Topliss-reactive ketones (excluding diaryl/α,β-unsaturated/α-hetero) is 1. The van der Waals surface area contributed by atoms with Crippen molar-refractivity contribution in [2.24, 2.45) is 0 Å². The lowest BCUT2D eigenvalue weighted by Gasteiger charge is -2.29. The third-order valence-electron chi connectivity index (χ3n) is 4.49. The summed E-state index contributed by atoms with van der Waals surface area (Å²) >= 11 is 0. The number of anilines is 1. The summed E-state index contributed by atoms with van der Waals surface area (Å²) in [6, 6.07) is 13.3. The van der Waals surface area contributed by atoms with E-state index in [0.717, 1.165) is 35.4 Å². The molecule has 0 saturated carbocycles. The minimum Gasteiger partial charge on any atom is -0.494 e. The number of fused-ring (bicyclic) bond motifs is 1. The van der Waals surface area contributed by atoms with E-state index in [1.165, 1.54) is 0 Å². The highest BCUT2D eigenvalue weighted by Crippen LogP contribution is 2.29. The number of nitrogens with zero attached hydrogens (tertiary/aromatic N) is 1. The monoisotopic (exact) mass is 349 g/mol. The van der Waals surface area contributed by atoms with Gasteiger partial charge in [-0.05, 0) is 62.1 Å². The summed E-state index contributed by atoms with van der Waals surface area (Å²) in [6.45, 7) is 4.79. The molecule has 0 N–H and O–H groups in total. The van der Waals surface area contributed by atoms with Gasteiger partial charge in [0, 0.05) is 23.9 Å². The van der Waals surface area contributed by atoms with Crippen molar-refractivity contribution >= 4 is 23.5 Å². The van der Waals surface area contributed by atoms with Gasteiger partial charge < -0.3 is 9.64 Å². The lowest BCUT2D eigenvalue weighted by Crippen LogP contribution is -2.34. The van der Waals surface area contributed by atoms with Gasteiger partial charge in [-0.15, -0.1) is 0 Å². The zero-order valence-corrected chi connectivity index (χ0v) is 15.2. The first-order valence-corrected chi connectivity index (χ1v) is 8.95. The Labute approximate surface area is 154 Å². The maximum atomic E-state index is 12.7. The molecular formula is C22H23NO3. The molecule has 26 heavy (non-hydrogen) atoms. The summed E-state index contributed by atoms with van der Waals surface area (Å²) in [5.74, 6) is 0.758. The van der Waals surface area contributed by atoms with E-state index in [-0.39, 0.29) is 11.7 Å². The number of carbonyl (C=O) groups excluding carboxylic acids is 2. The van der Waals surface area contributed by atoms with Crippen LogP contribution in [0.15, 0.2) is 48.5 Å². The molecule has 4 nitrogen and oxygen atoms in total. The van der Waals surface area contributed by atoms with Crippen LogP contribution in [0, 0.1) is 0 Å². The Balaban J connectivity index is 1.78. The fourth-order valence-corrected chi connectivity index (χ4v) is 3.12. The van der Waals surface area contributed by atoms with E-state index in [4.69, 9.17) is 4.74 Å². The van der Waals surface area contributed by atoms with Gasteiger partial charge in [0.25, 0.3) is 5.91 Å². The second-order valence-electron chi connectivity index (χ2n) is 6.33. The first kappa shape index (κ1) is 17.9. The van der Waals surface area contributed by atoms with E-state index in [1.54, 1.807) is 24.0 Å². The van der Waals surface area contributed by atoms with Crippen LogP contribution in [0.5, 0.6) is 5.75 Å². The number of ketones is 1. The highest BCUT2D eigenvalue weighted by atomic mass is 16.5. The van der Waals surface area contributed by atoms with Gasteiger partial charge >= 0.3 is 0 Å². The highest BCUT2D eigenvalue weighted by Gasteiger charge is 2.21. The standard InChI is InChI=1S/C22H23NO3/c1-3-26-20-11-6-17(7-12-20)8-13-22(25)23-14-4-5-18-9-10-19(16(2)24)15-21(18)23/h6-13,15H,3-5,14H2,1-2H3/b13-8+. The number of hydrogen-bond acceptors (Lipinski definition) is 3. The van der Waals surface area contributed by atoms with Crippen LogP contribution in [-0.4, -0.2) is 24.8 Å². The van der Waals surface area contributed by atoms with Crippen LogP contribution < -0.4 is 9.64 Å². The summed E-state index contributed by atoms with van der Waals surface area (Å²) in [6.07, 6.45) is 5.25. The number of rotatable bonds is 5. The van der Waals surface area contributed by atoms with Crippen LogP contribution in [0.3, 0.4) is 0 Å². The molecule has 0 aromatic heterocycles. The molecule has 0 atom stereocenters. The van der Waals surface area contributed by atoms with Gasteiger partial charge in [-0.25, -0.2) is 0 Å². The Morgan fingerprint density at radius 2 is 1.92 bits per heavy atom. The Morgan fingerprint density at radius 1 is 1.15 bits per heavy atom. The highest BCUT2D eigenvalue weighted by molar-refractivity contribution is 6.05. The van der Waals surface area contributed by atoms with Gasteiger partial charge in [0.2, 0.25) is 0 Å². The van der Waals surface area contributed by atoms with Crippen LogP contribution >= 0.6 is 0 Å². The lowest BCUT2D eigenvalue weighted by atomic mass is 9.98. The molecule has 0 saturated heterocycles. The molecule has 0 unspecified atom stereocenters. The predicted molar refractivity (Wildman–Crippen MR) is 104 cm³/mol. The van der Waals surface area contributed by atoms with E-state index in [0.29, 0.717) is 18.7 Å². The summed E-state index contributed by atoms with van der Waals surface area (Å²) in [5, 5.41) is 0. The van der Waals surface area contributed by atoms with Crippen molar-refractivity contribution in [3.05, 3.63) is 65.2 Å². The molecular weight excluding hydrogens is 326 g/mol. The van der Waals surface area contributed by atoms with E-state index in [1.807, 2.05) is 49.4 Å². The van der Waals surface area contributed by atoms with E-state index in [9.17, 15) is 9.59 Å². The van der Waals surface area contributed by atoms with E-state index < -0.39 is 0 Å². The lowest BCUT2D eigenvalue weighted by molar-refractivity contribution is -0.114. The molecule has 0 fully saturated rings. The second-order valence-corrected chi connectivity index (χ2v) is 6.33. The van der Waals surface area contributed by atoms with Crippen LogP contribution in [0.2, 0.25) is 0 Å². The van der Waals surface area contributed by atoms with Crippen molar-refractivity contribution in [1.82, 2.24) is 0 Å². The topological polar surface area (TPSA) is 46.6 Å². The van der Waals surface area contributed by atoms with Crippen molar-refractivity contribution in [2.75, 3.05) is 18.1 Å². The summed E-state index contributed by atoms with van der Waals surface area (Å²) < 4.78 is 5.42. The molecule has 2 aromatic rings. The number of aryl methyl sites for hydroxylation is 1. The Bertz CT molecular complexity index is 837. The molecule has 3 rings (SSSR count). The first-order valence-electron chi connectivity index (χ1n) is 8.95.